The lowest BCUT2D eigenvalue weighted by atomic mass is 9.72. The Balaban J connectivity index is 1.00. The Morgan fingerprint density at radius 3 is 2.49 bits per heavy atom. The molecule has 51 heavy (non-hydrogen) atoms. The number of rotatable bonds is 12. The molecule has 2 aromatic heterocycles. The molecule has 0 aliphatic carbocycles. The molecular formula is C35H50FN8O5PS. The first-order valence-electron chi connectivity index (χ1n) is 17.7. The lowest BCUT2D eigenvalue weighted by molar-refractivity contribution is -0.0299. The van der Waals surface area contributed by atoms with E-state index in [1.807, 2.05) is 41.3 Å². The number of nitrogens with zero attached hydrogens (tertiary/aromatic N) is 7. The molecule has 1 spiro atoms. The molecule has 3 saturated heterocycles. The van der Waals surface area contributed by atoms with Crippen molar-refractivity contribution in [1.29, 1.82) is 0 Å². The summed E-state index contributed by atoms with van der Waals surface area (Å²) < 4.78 is 57.5. The molecule has 1 unspecified atom stereocenters. The first kappa shape index (κ1) is 37.5. The van der Waals surface area contributed by atoms with Gasteiger partial charge in [-0.15, -0.1) is 0 Å². The van der Waals surface area contributed by atoms with Crippen LogP contribution in [0.2, 0.25) is 0 Å². The molecule has 5 heterocycles. The Morgan fingerprint density at radius 2 is 1.84 bits per heavy atom. The van der Waals surface area contributed by atoms with Crippen LogP contribution in [0.15, 0.2) is 41.9 Å². The maximum Gasteiger partial charge on any atom is 0.258 e. The highest BCUT2D eigenvalue weighted by Crippen LogP contribution is 2.45. The van der Waals surface area contributed by atoms with Crippen molar-refractivity contribution in [3.63, 3.8) is 0 Å². The number of imidazole rings is 1. The first-order valence-corrected chi connectivity index (χ1v) is 20.7. The van der Waals surface area contributed by atoms with Crippen LogP contribution in [-0.2, 0) is 14.8 Å². The van der Waals surface area contributed by atoms with E-state index in [1.54, 1.807) is 15.4 Å². The largest absolute Gasteiger partial charge is 0.451 e. The molecule has 3 atom stereocenters. The van der Waals surface area contributed by atoms with Crippen molar-refractivity contribution in [2.45, 2.75) is 89.6 Å². The van der Waals surface area contributed by atoms with Gasteiger partial charge in [-0.25, -0.2) is 32.5 Å². The number of nitrogens with one attached hydrogen (secondary N) is 1. The predicted molar refractivity (Wildman–Crippen MR) is 195 cm³/mol. The predicted octanol–water partition coefficient (Wildman–Crippen LogP) is 4.67. The van der Waals surface area contributed by atoms with Crippen molar-refractivity contribution in [1.82, 2.24) is 33.8 Å². The number of anilines is 1. The summed E-state index contributed by atoms with van der Waals surface area (Å²) in [4.78, 5) is 32.8. The van der Waals surface area contributed by atoms with Gasteiger partial charge in [0, 0.05) is 43.2 Å². The fraction of sp³-hybridized carbons (Fsp3) is 0.600. The van der Waals surface area contributed by atoms with Crippen molar-refractivity contribution < 1.29 is 27.1 Å². The van der Waals surface area contributed by atoms with Crippen molar-refractivity contribution in [2.75, 3.05) is 50.9 Å². The third-order valence-corrected chi connectivity index (χ3v) is 12.9. The molecular weight excluding hydrogens is 694 g/mol. The summed E-state index contributed by atoms with van der Waals surface area (Å²) in [7, 11) is -3.40. The second-order valence-corrected chi connectivity index (χ2v) is 17.1. The molecule has 16 heteroatoms. The smallest absolute Gasteiger partial charge is 0.258 e. The van der Waals surface area contributed by atoms with Crippen LogP contribution in [0.25, 0.3) is 0 Å². The summed E-state index contributed by atoms with van der Waals surface area (Å²) in [6.45, 7) is 16.2. The van der Waals surface area contributed by atoms with E-state index in [2.05, 4.69) is 29.5 Å². The van der Waals surface area contributed by atoms with Crippen LogP contribution in [0.1, 0.15) is 69.6 Å². The van der Waals surface area contributed by atoms with Gasteiger partial charge in [0.25, 0.3) is 15.9 Å². The summed E-state index contributed by atoms with van der Waals surface area (Å²) in [5.74, 6) is 1.23. The molecule has 0 radical (unpaired) electrons. The second kappa shape index (κ2) is 15.4. The molecule has 1 N–H and O–H groups in total. The summed E-state index contributed by atoms with van der Waals surface area (Å²) >= 11 is 0. The highest BCUT2D eigenvalue weighted by atomic mass is 32.2. The van der Waals surface area contributed by atoms with Crippen LogP contribution >= 0.6 is 8.73 Å². The number of carbonyl (C=O) groups is 1. The monoisotopic (exact) mass is 744 g/mol. The number of hydrogen-bond acceptors (Lipinski definition) is 10. The topological polar surface area (TPSA) is 135 Å². The minimum atomic E-state index is -3.68. The van der Waals surface area contributed by atoms with Crippen LogP contribution in [0.3, 0.4) is 0 Å². The third kappa shape index (κ3) is 8.22. The van der Waals surface area contributed by atoms with Gasteiger partial charge in [0.2, 0.25) is 0 Å². The lowest BCUT2D eigenvalue weighted by Crippen LogP contribution is -2.61. The van der Waals surface area contributed by atoms with Gasteiger partial charge in [0.1, 0.15) is 23.7 Å². The summed E-state index contributed by atoms with van der Waals surface area (Å²) in [5, 5.41) is 0.206. The van der Waals surface area contributed by atoms with E-state index in [0.717, 1.165) is 58.4 Å². The van der Waals surface area contributed by atoms with Gasteiger partial charge in [-0.05, 0) is 107 Å². The van der Waals surface area contributed by atoms with Crippen molar-refractivity contribution in [2.24, 2.45) is 5.41 Å². The summed E-state index contributed by atoms with van der Waals surface area (Å²) in [6.07, 6.45) is 8.19. The second-order valence-electron chi connectivity index (χ2n) is 14.6. The minimum absolute atomic E-state index is 0.0692. The molecule has 13 nitrogen and oxygen atoms in total. The number of ether oxygens (including phenoxy) is 2. The number of amides is 1. The van der Waals surface area contributed by atoms with Gasteiger partial charge >= 0.3 is 0 Å². The first-order chi connectivity index (χ1) is 24.3. The Kier molecular flexibility index (Phi) is 11.3. The average Bonchev–Trinajstić information content (AvgIpc) is 3.47. The van der Waals surface area contributed by atoms with Gasteiger partial charge in [0.15, 0.2) is 16.6 Å². The normalized spacial score (nSPS) is 21.2. The van der Waals surface area contributed by atoms with Crippen molar-refractivity contribution in [3.8, 4) is 11.5 Å². The van der Waals surface area contributed by atoms with Crippen LogP contribution in [0.5, 0.6) is 11.5 Å². The van der Waals surface area contributed by atoms with Crippen molar-refractivity contribution in [3.05, 3.63) is 54.1 Å². The Labute approximate surface area is 302 Å². The number of likely N-dealkylation sites (tertiary alicyclic amines) is 1. The Morgan fingerprint density at radius 1 is 1.12 bits per heavy atom. The molecule has 3 aliphatic heterocycles. The van der Waals surface area contributed by atoms with Crippen LogP contribution in [-0.4, -0.2) is 114 Å². The molecule has 3 aliphatic rings. The number of halogens is 1. The van der Waals surface area contributed by atoms with E-state index in [4.69, 9.17) is 9.47 Å². The van der Waals surface area contributed by atoms with E-state index < -0.39 is 15.8 Å². The molecule has 3 fully saturated rings. The van der Waals surface area contributed by atoms with Crippen LogP contribution < -0.4 is 14.4 Å². The fourth-order valence-electron chi connectivity index (χ4n) is 7.64. The Bertz CT molecular complexity index is 1790. The maximum atomic E-state index is 14.4. The zero-order chi connectivity index (χ0) is 36.5. The average molecular weight is 745 g/mol. The van der Waals surface area contributed by atoms with Gasteiger partial charge < -0.3 is 24.2 Å². The molecule has 1 aromatic carbocycles. The third-order valence-electron chi connectivity index (χ3n) is 10.2. The van der Waals surface area contributed by atoms with E-state index in [-0.39, 0.29) is 60.6 Å². The quantitative estimate of drug-likeness (QED) is 0.261. The molecule has 278 valence electrons. The fourth-order valence-corrected chi connectivity index (χ4v) is 10.2. The van der Waals surface area contributed by atoms with E-state index in [1.165, 1.54) is 30.7 Å². The molecule has 0 saturated carbocycles. The van der Waals surface area contributed by atoms with Crippen molar-refractivity contribution >= 4 is 30.5 Å². The SMILES string of the molecule is CPn1c(S(=O)(=O)N[C@@H]2CC[C@@H](CN3CCC4(CC3)CN(c3ncncc3Oc3ccc(F)cc3C(=O)N(C(C)C)C(C)C)C4)OC2)cnc1C. The molecule has 3 aromatic rings. The van der Waals surface area contributed by atoms with Gasteiger partial charge in [0.05, 0.1) is 30.7 Å². The zero-order valence-corrected chi connectivity index (χ0v) is 32.1. The van der Waals surface area contributed by atoms with E-state index in [0.29, 0.717) is 24.0 Å². The molecule has 6 rings (SSSR count). The number of carbonyl (C=O) groups excluding carboxylic acids is 1. The number of aromatic nitrogens is 4. The summed E-state index contributed by atoms with van der Waals surface area (Å²) in [6, 6.07) is 3.61. The zero-order valence-electron chi connectivity index (χ0n) is 30.3. The number of hydrogen-bond donors (Lipinski definition) is 1. The Hall–Kier alpha value is -3.23. The van der Waals surface area contributed by atoms with Gasteiger partial charge in [-0.2, -0.15) is 0 Å². The van der Waals surface area contributed by atoms with E-state index in [9.17, 15) is 17.6 Å². The number of benzene rings is 1. The maximum absolute atomic E-state index is 14.4. The number of aryl methyl sites for hydroxylation is 1. The minimum Gasteiger partial charge on any atom is -0.451 e. The van der Waals surface area contributed by atoms with Crippen LogP contribution in [0.4, 0.5) is 10.2 Å². The number of piperidine rings is 1. The number of sulfonamides is 1. The highest BCUT2D eigenvalue weighted by Gasteiger charge is 2.46. The van der Waals surface area contributed by atoms with Gasteiger partial charge in [-0.3, -0.25) is 9.13 Å². The van der Waals surface area contributed by atoms with Crippen LogP contribution in [0, 0.1) is 18.2 Å². The summed E-state index contributed by atoms with van der Waals surface area (Å²) in [5.41, 5.74) is 0.333. The highest BCUT2D eigenvalue weighted by molar-refractivity contribution is 7.89. The van der Waals surface area contributed by atoms with Gasteiger partial charge in [-0.1, -0.05) is 0 Å². The lowest BCUT2D eigenvalue weighted by Gasteiger charge is -2.54. The standard InChI is InChI=1S/C35H50FN8O5PS/c1-23(2)43(24(3)4)34(45)29-15-26(36)7-10-30(29)49-31-16-37-22-39-33(31)42-20-35(21-42)11-13-41(14-12-35)18-28-9-8-27(19-48-28)40-51(46,47)32-17-38-25(5)44(32)50-6/h7,10,15-17,22-24,27-28,40,50H,8-9,11-14,18-21H2,1-6H3/t27-,28+/m1/s1. The molecule has 1 amide bonds. The van der Waals surface area contributed by atoms with E-state index >= 15 is 0 Å². The molecule has 0 bridgehead atoms.